The molecule has 1 aliphatic rings. The molecule has 0 spiro atoms. The normalized spacial score (nSPS) is 29.6. The van der Waals surface area contributed by atoms with Gasteiger partial charge in [-0.25, -0.2) is 0 Å². The average molecular weight is 236 g/mol. The maximum absolute atomic E-state index is 10.5. The van der Waals surface area contributed by atoms with Crippen LogP contribution in [0.5, 0.6) is 0 Å². The fourth-order valence-electron chi connectivity index (χ4n) is 2.42. The molecule has 1 aliphatic heterocycles. The van der Waals surface area contributed by atoms with E-state index < -0.39 is 5.60 Å². The minimum Gasteiger partial charge on any atom is -0.389 e. The van der Waals surface area contributed by atoms with Gasteiger partial charge in [-0.1, -0.05) is 30.7 Å². The summed E-state index contributed by atoms with van der Waals surface area (Å²) in [6, 6.07) is 6.50. The highest BCUT2D eigenvalue weighted by molar-refractivity contribution is 8.00. The van der Waals surface area contributed by atoms with Crippen LogP contribution in [0.4, 0.5) is 0 Å². The molecule has 0 amide bonds. The van der Waals surface area contributed by atoms with Gasteiger partial charge in [0.25, 0.3) is 0 Å². The van der Waals surface area contributed by atoms with Crippen molar-refractivity contribution in [1.82, 2.24) is 0 Å². The molecule has 1 aromatic rings. The standard InChI is InChI=1S/C14H20OS/c1-10-4-5-11(2)13(6-10)8-14(15)7-12(3)16-9-14/h4-6,12,15H,7-9H2,1-3H3. The van der Waals surface area contributed by atoms with Crippen molar-refractivity contribution < 1.29 is 5.11 Å². The minimum atomic E-state index is -0.483. The summed E-state index contributed by atoms with van der Waals surface area (Å²) in [5.41, 5.74) is 3.39. The Morgan fingerprint density at radius 1 is 1.44 bits per heavy atom. The second-order valence-corrected chi connectivity index (χ2v) is 6.58. The van der Waals surface area contributed by atoms with Crippen molar-refractivity contribution in [2.24, 2.45) is 0 Å². The molecule has 2 unspecified atom stereocenters. The summed E-state index contributed by atoms with van der Waals surface area (Å²) < 4.78 is 0. The zero-order valence-corrected chi connectivity index (χ0v) is 11.1. The molecule has 0 saturated carbocycles. The van der Waals surface area contributed by atoms with E-state index in [0.717, 1.165) is 18.6 Å². The molecule has 16 heavy (non-hydrogen) atoms. The highest BCUT2D eigenvalue weighted by atomic mass is 32.2. The van der Waals surface area contributed by atoms with E-state index in [1.807, 2.05) is 11.8 Å². The van der Waals surface area contributed by atoms with Crippen molar-refractivity contribution in [2.75, 3.05) is 5.75 Å². The SMILES string of the molecule is Cc1ccc(C)c(CC2(O)CSC(C)C2)c1. The molecule has 2 rings (SSSR count). The van der Waals surface area contributed by atoms with Crippen molar-refractivity contribution >= 4 is 11.8 Å². The summed E-state index contributed by atoms with van der Waals surface area (Å²) in [6.07, 6.45) is 1.73. The Kier molecular flexibility index (Phi) is 3.32. The molecule has 1 saturated heterocycles. The summed E-state index contributed by atoms with van der Waals surface area (Å²) >= 11 is 1.88. The molecular weight excluding hydrogens is 216 g/mol. The maximum atomic E-state index is 10.5. The van der Waals surface area contributed by atoms with Gasteiger partial charge in [-0.15, -0.1) is 0 Å². The summed E-state index contributed by atoms with van der Waals surface area (Å²) in [6.45, 7) is 6.44. The zero-order chi connectivity index (χ0) is 11.8. The van der Waals surface area contributed by atoms with Gasteiger partial charge in [0.15, 0.2) is 0 Å². The maximum Gasteiger partial charge on any atom is 0.0788 e. The molecule has 1 fully saturated rings. The molecular formula is C14H20OS. The van der Waals surface area contributed by atoms with Crippen LogP contribution in [0.25, 0.3) is 0 Å². The zero-order valence-electron chi connectivity index (χ0n) is 10.3. The third kappa shape index (κ3) is 2.61. The van der Waals surface area contributed by atoms with Gasteiger partial charge in [0.1, 0.15) is 0 Å². The quantitative estimate of drug-likeness (QED) is 0.851. The summed E-state index contributed by atoms with van der Waals surface area (Å²) in [5, 5.41) is 11.1. The van der Waals surface area contributed by atoms with Crippen LogP contribution in [0.3, 0.4) is 0 Å². The molecule has 1 nitrogen and oxygen atoms in total. The van der Waals surface area contributed by atoms with Crippen molar-refractivity contribution in [3.05, 3.63) is 34.9 Å². The predicted octanol–water partition coefficient (Wildman–Crippen LogP) is 3.10. The van der Waals surface area contributed by atoms with Gasteiger partial charge in [-0.2, -0.15) is 11.8 Å². The van der Waals surface area contributed by atoms with Crippen LogP contribution >= 0.6 is 11.8 Å². The monoisotopic (exact) mass is 236 g/mol. The lowest BCUT2D eigenvalue weighted by Crippen LogP contribution is -2.31. The molecule has 0 bridgehead atoms. The number of thioether (sulfide) groups is 1. The number of benzene rings is 1. The topological polar surface area (TPSA) is 20.2 Å². The number of hydrogen-bond acceptors (Lipinski definition) is 2. The van der Waals surface area contributed by atoms with Crippen molar-refractivity contribution in [3.8, 4) is 0 Å². The molecule has 0 radical (unpaired) electrons. The first kappa shape index (κ1) is 12.0. The lowest BCUT2D eigenvalue weighted by Gasteiger charge is -2.23. The van der Waals surface area contributed by atoms with Gasteiger partial charge in [0.2, 0.25) is 0 Å². The molecule has 0 aliphatic carbocycles. The fourth-order valence-corrected chi connectivity index (χ4v) is 3.66. The Morgan fingerprint density at radius 2 is 2.19 bits per heavy atom. The van der Waals surface area contributed by atoms with Gasteiger partial charge in [-0.05, 0) is 31.4 Å². The van der Waals surface area contributed by atoms with E-state index in [4.69, 9.17) is 0 Å². The summed E-state index contributed by atoms with van der Waals surface area (Å²) in [7, 11) is 0. The third-order valence-corrected chi connectivity index (χ3v) is 4.77. The van der Waals surface area contributed by atoms with E-state index in [1.165, 1.54) is 16.7 Å². The van der Waals surface area contributed by atoms with E-state index in [2.05, 4.69) is 39.0 Å². The molecule has 0 aromatic heterocycles. The lowest BCUT2D eigenvalue weighted by molar-refractivity contribution is 0.0641. The van der Waals surface area contributed by atoms with E-state index in [1.54, 1.807) is 0 Å². The van der Waals surface area contributed by atoms with Crippen molar-refractivity contribution in [3.63, 3.8) is 0 Å². The highest BCUT2D eigenvalue weighted by Crippen LogP contribution is 2.36. The smallest absolute Gasteiger partial charge is 0.0788 e. The number of rotatable bonds is 2. The average Bonchev–Trinajstić information content (AvgIpc) is 2.52. The Hall–Kier alpha value is -0.470. The van der Waals surface area contributed by atoms with Crippen LogP contribution in [0.15, 0.2) is 18.2 Å². The first-order valence-corrected chi connectivity index (χ1v) is 6.93. The van der Waals surface area contributed by atoms with Crippen molar-refractivity contribution in [2.45, 2.75) is 44.5 Å². The molecule has 1 heterocycles. The van der Waals surface area contributed by atoms with Crippen LogP contribution in [0.1, 0.15) is 30.0 Å². The third-order valence-electron chi connectivity index (χ3n) is 3.33. The van der Waals surface area contributed by atoms with Gasteiger partial charge in [0.05, 0.1) is 5.60 Å². The number of hydrogen-bond donors (Lipinski definition) is 1. The van der Waals surface area contributed by atoms with Gasteiger partial charge >= 0.3 is 0 Å². The van der Waals surface area contributed by atoms with E-state index >= 15 is 0 Å². The van der Waals surface area contributed by atoms with Crippen LogP contribution in [0, 0.1) is 13.8 Å². The highest BCUT2D eigenvalue weighted by Gasteiger charge is 2.36. The van der Waals surface area contributed by atoms with Gasteiger partial charge in [0, 0.05) is 17.4 Å². The van der Waals surface area contributed by atoms with Crippen LogP contribution in [-0.4, -0.2) is 21.7 Å². The minimum absolute atomic E-state index is 0.483. The molecule has 2 heteroatoms. The Labute approximate surface area is 102 Å². The molecule has 1 N–H and O–H groups in total. The Bertz CT molecular complexity index is 388. The van der Waals surface area contributed by atoms with Gasteiger partial charge in [-0.3, -0.25) is 0 Å². The largest absolute Gasteiger partial charge is 0.389 e. The molecule has 88 valence electrons. The van der Waals surface area contributed by atoms with E-state index in [-0.39, 0.29) is 0 Å². The number of aliphatic hydroxyl groups is 1. The van der Waals surface area contributed by atoms with E-state index in [0.29, 0.717) is 5.25 Å². The van der Waals surface area contributed by atoms with Crippen molar-refractivity contribution in [1.29, 1.82) is 0 Å². The van der Waals surface area contributed by atoms with Crippen LogP contribution in [0.2, 0.25) is 0 Å². The van der Waals surface area contributed by atoms with Gasteiger partial charge < -0.3 is 5.11 Å². The first-order valence-electron chi connectivity index (χ1n) is 5.89. The van der Waals surface area contributed by atoms with E-state index in [9.17, 15) is 5.11 Å². The summed E-state index contributed by atoms with van der Waals surface area (Å²) in [4.78, 5) is 0. The second kappa shape index (κ2) is 4.42. The second-order valence-electron chi connectivity index (χ2n) is 5.16. The Morgan fingerprint density at radius 3 is 2.81 bits per heavy atom. The number of aryl methyl sites for hydroxylation is 2. The molecule has 1 aromatic carbocycles. The molecule has 2 atom stereocenters. The Balaban J connectivity index is 2.17. The predicted molar refractivity (Wildman–Crippen MR) is 71.1 cm³/mol. The first-order chi connectivity index (χ1) is 7.48. The van der Waals surface area contributed by atoms with Crippen LogP contribution < -0.4 is 0 Å². The summed E-state index contributed by atoms with van der Waals surface area (Å²) in [5.74, 6) is 0.877. The fraction of sp³-hybridized carbons (Fsp3) is 0.571. The lowest BCUT2D eigenvalue weighted by atomic mass is 9.89. The van der Waals surface area contributed by atoms with Crippen LogP contribution in [-0.2, 0) is 6.42 Å².